The Morgan fingerprint density at radius 2 is 1.74 bits per heavy atom. The van der Waals surface area contributed by atoms with Gasteiger partial charge in [0.1, 0.15) is 23.1 Å². The lowest BCUT2D eigenvalue weighted by atomic mass is 9.99. The van der Waals surface area contributed by atoms with Crippen molar-refractivity contribution in [3.63, 3.8) is 0 Å². The summed E-state index contributed by atoms with van der Waals surface area (Å²) in [5.41, 5.74) is -1.45. The lowest BCUT2D eigenvalue weighted by molar-refractivity contribution is -0.137. The monoisotopic (exact) mass is 435 g/mol. The van der Waals surface area contributed by atoms with Crippen LogP contribution >= 0.6 is 0 Å². The molecule has 0 fully saturated rings. The fraction of sp³-hybridized carbons (Fsp3) is 0.136. The first-order chi connectivity index (χ1) is 14.6. The SMILES string of the molecule is O=C(Nc1cc(C(F)(F)F)ccc1-c1ccc(F)cc1F)c1ccc2c(c1O)CCO2. The van der Waals surface area contributed by atoms with Crippen LogP contribution < -0.4 is 10.1 Å². The molecule has 0 bridgehead atoms. The fourth-order valence-corrected chi connectivity index (χ4v) is 3.40. The van der Waals surface area contributed by atoms with E-state index in [1.807, 2.05) is 0 Å². The maximum Gasteiger partial charge on any atom is 0.416 e. The van der Waals surface area contributed by atoms with Gasteiger partial charge in [-0.25, -0.2) is 8.78 Å². The molecule has 9 heteroatoms. The number of hydrogen-bond donors (Lipinski definition) is 2. The van der Waals surface area contributed by atoms with Crippen molar-refractivity contribution in [1.82, 2.24) is 0 Å². The molecule has 0 saturated heterocycles. The van der Waals surface area contributed by atoms with Gasteiger partial charge >= 0.3 is 6.18 Å². The second kappa shape index (κ2) is 7.57. The van der Waals surface area contributed by atoms with Gasteiger partial charge in [-0.3, -0.25) is 4.79 Å². The van der Waals surface area contributed by atoms with E-state index in [2.05, 4.69) is 5.32 Å². The molecule has 2 N–H and O–H groups in total. The smallest absolute Gasteiger partial charge is 0.416 e. The summed E-state index contributed by atoms with van der Waals surface area (Å²) < 4.78 is 72.5. The van der Waals surface area contributed by atoms with Crippen molar-refractivity contribution in [3.8, 4) is 22.6 Å². The normalized spacial score (nSPS) is 12.9. The Balaban J connectivity index is 1.78. The van der Waals surface area contributed by atoms with Crippen molar-refractivity contribution >= 4 is 11.6 Å². The van der Waals surface area contributed by atoms with Crippen LogP contribution in [0.2, 0.25) is 0 Å². The number of halogens is 5. The number of carbonyl (C=O) groups is 1. The summed E-state index contributed by atoms with van der Waals surface area (Å²) in [6.07, 6.45) is -4.34. The molecule has 1 aliphatic rings. The van der Waals surface area contributed by atoms with Gasteiger partial charge in [0, 0.05) is 34.9 Å². The van der Waals surface area contributed by atoms with Crippen LogP contribution in [0.25, 0.3) is 11.1 Å². The first-order valence-electron chi connectivity index (χ1n) is 9.11. The maximum atomic E-state index is 14.3. The highest BCUT2D eigenvalue weighted by Gasteiger charge is 2.32. The van der Waals surface area contributed by atoms with Gasteiger partial charge in [0.15, 0.2) is 0 Å². The van der Waals surface area contributed by atoms with Gasteiger partial charge in [0.2, 0.25) is 0 Å². The lowest BCUT2D eigenvalue weighted by Gasteiger charge is -2.16. The average Bonchev–Trinajstić information content (AvgIpc) is 3.17. The van der Waals surface area contributed by atoms with E-state index >= 15 is 0 Å². The van der Waals surface area contributed by atoms with Crippen molar-refractivity contribution in [2.75, 3.05) is 11.9 Å². The Kier molecular flexibility index (Phi) is 5.04. The van der Waals surface area contributed by atoms with E-state index in [9.17, 15) is 31.9 Å². The average molecular weight is 435 g/mol. The molecule has 3 aromatic carbocycles. The molecular weight excluding hydrogens is 421 g/mol. The molecule has 4 nitrogen and oxygen atoms in total. The van der Waals surface area contributed by atoms with E-state index in [4.69, 9.17) is 4.74 Å². The Bertz CT molecular complexity index is 1190. The number of phenolic OH excluding ortho intramolecular Hbond substituents is 1. The van der Waals surface area contributed by atoms with Crippen molar-refractivity contribution in [3.05, 3.63) is 76.9 Å². The van der Waals surface area contributed by atoms with E-state index in [0.717, 1.165) is 24.3 Å². The Morgan fingerprint density at radius 3 is 2.45 bits per heavy atom. The van der Waals surface area contributed by atoms with Crippen LogP contribution in [0.1, 0.15) is 21.5 Å². The summed E-state index contributed by atoms with van der Waals surface area (Å²) in [6, 6.07) is 7.74. The third-order valence-corrected chi connectivity index (χ3v) is 4.91. The second-order valence-electron chi connectivity index (χ2n) is 6.87. The van der Waals surface area contributed by atoms with Crippen LogP contribution in [0.5, 0.6) is 11.5 Å². The van der Waals surface area contributed by atoms with Crippen molar-refractivity contribution in [2.45, 2.75) is 12.6 Å². The van der Waals surface area contributed by atoms with Crippen LogP contribution in [-0.4, -0.2) is 17.6 Å². The fourth-order valence-electron chi connectivity index (χ4n) is 3.40. The predicted octanol–water partition coefficient (Wildman–Crippen LogP) is 5.54. The highest BCUT2D eigenvalue weighted by molar-refractivity contribution is 6.08. The number of alkyl halides is 3. The van der Waals surface area contributed by atoms with Crippen molar-refractivity contribution < 1.29 is 36.6 Å². The van der Waals surface area contributed by atoms with Gasteiger partial charge in [0.25, 0.3) is 5.91 Å². The topological polar surface area (TPSA) is 58.6 Å². The van der Waals surface area contributed by atoms with Crippen molar-refractivity contribution in [2.24, 2.45) is 0 Å². The van der Waals surface area contributed by atoms with Crippen LogP contribution in [0, 0.1) is 11.6 Å². The molecule has 0 atom stereocenters. The number of rotatable bonds is 3. The maximum absolute atomic E-state index is 14.3. The largest absolute Gasteiger partial charge is 0.507 e. The van der Waals surface area contributed by atoms with Gasteiger partial charge in [-0.1, -0.05) is 6.07 Å². The van der Waals surface area contributed by atoms with Crippen LogP contribution in [0.4, 0.5) is 27.6 Å². The first kappa shape index (κ1) is 20.6. The minimum absolute atomic E-state index is 0.0807. The van der Waals surface area contributed by atoms with Crippen LogP contribution in [0.15, 0.2) is 48.5 Å². The summed E-state index contributed by atoms with van der Waals surface area (Å²) in [5, 5.41) is 12.7. The van der Waals surface area contributed by atoms with E-state index in [1.54, 1.807) is 0 Å². The van der Waals surface area contributed by atoms with Crippen LogP contribution in [0.3, 0.4) is 0 Å². The number of fused-ring (bicyclic) bond motifs is 1. The lowest BCUT2D eigenvalue weighted by Crippen LogP contribution is -2.15. The van der Waals surface area contributed by atoms with Gasteiger partial charge in [-0.15, -0.1) is 0 Å². The summed E-state index contributed by atoms with van der Waals surface area (Å²) in [4.78, 5) is 12.8. The molecule has 0 radical (unpaired) electrons. The third-order valence-electron chi connectivity index (χ3n) is 4.91. The van der Waals surface area contributed by atoms with Gasteiger partial charge < -0.3 is 15.2 Å². The Morgan fingerprint density at radius 1 is 1.00 bits per heavy atom. The van der Waals surface area contributed by atoms with E-state index < -0.39 is 29.3 Å². The Hall–Kier alpha value is -3.62. The summed E-state index contributed by atoms with van der Waals surface area (Å²) in [6.45, 7) is 0.329. The molecule has 31 heavy (non-hydrogen) atoms. The minimum Gasteiger partial charge on any atom is -0.507 e. The summed E-state index contributed by atoms with van der Waals surface area (Å²) in [7, 11) is 0. The predicted molar refractivity (Wildman–Crippen MR) is 102 cm³/mol. The van der Waals surface area contributed by atoms with Crippen LogP contribution in [-0.2, 0) is 12.6 Å². The second-order valence-corrected chi connectivity index (χ2v) is 6.87. The number of benzene rings is 3. The Labute approximate surface area is 172 Å². The third kappa shape index (κ3) is 3.90. The molecule has 3 aromatic rings. The van der Waals surface area contributed by atoms with E-state index in [1.165, 1.54) is 12.1 Å². The zero-order valence-electron chi connectivity index (χ0n) is 15.7. The molecule has 0 saturated carbocycles. The number of ether oxygens (including phenoxy) is 1. The van der Waals surface area contributed by atoms with E-state index in [0.29, 0.717) is 36.5 Å². The number of nitrogens with one attached hydrogen (secondary N) is 1. The molecule has 160 valence electrons. The molecule has 1 aliphatic heterocycles. The minimum atomic E-state index is -4.72. The molecule has 0 unspecified atom stereocenters. The number of amides is 1. The highest BCUT2D eigenvalue weighted by atomic mass is 19.4. The van der Waals surface area contributed by atoms with Gasteiger partial charge in [-0.05, 0) is 36.4 Å². The number of carbonyl (C=O) groups excluding carboxylic acids is 1. The number of aromatic hydroxyl groups is 1. The highest BCUT2D eigenvalue weighted by Crippen LogP contribution is 2.39. The zero-order valence-corrected chi connectivity index (χ0v) is 15.7. The molecule has 0 aromatic heterocycles. The first-order valence-corrected chi connectivity index (χ1v) is 9.11. The molecular formula is C22H14F5NO3. The van der Waals surface area contributed by atoms with Gasteiger partial charge in [0.05, 0.1) is 17.7 Å². The number of phenols is 1. The van der Waals surface area contributed by atoms with E-state index in [-0.39, 0.29) is 28.1 Å². The van der Waals surface area contributed by atoms with Crippen molar-refractivity contribution in [1.29, 1.82) is 0 Å². The molecule has 0 spiro atoms. The standard InChI is InChI=1S/C22H14F5NO3/c23-12-2-4-13(17(24)10-12)14-3-1-11(22(25,26)27)9-18(14)28-21(30)16-5-6-19-15(20(16)29)7-8-31-19/h1-6,9-10,29H,7-8H2,(H,28,30). The molecule has 0 aliphatic carbocycles. The zero-order chi connectivity index (χ0) is 22.3. The molecule has 1 heterocycles. The summed E-state index contributed by atoms with van der Waals surface area (Å²) >= 11 is 0. The van der Waals surface area contributed by atoms with Gasteiger partial charge in [-0.2, -0.15) is 13.2 Å². The quantitative estimate of drug-likeness (QED) is 0.531. The molecule has 1 amide bonds. The summed E-state index contributed by atoms with van der Waals surface area (Å²) in [5.74, 6) is -2.68. The number of anilines is 1. The molecule has 4 rings (SSSR count). The number of hydrogen-bond acceptors (Lipinski definition) is 3.